The molecule has 2 aliphatic rings. The van der Waals surface area contributed by atoms with Gasteiger partial charge in [0.05, 0.1) is 26.1 Å². The van der Waals surface area contributed by atoms with Gasteiger partial charge in [0.25, 0.3) is 0 Å². The van der Waals surface area contributed by atoms with E-state index in [1.807, 2.05) is 0 Å². The summed E-state index contributed by atoms with van der Waals surface area (Å²) in [6.45, 7) is -1.73. The van der Waals surface area contributed by atoms with E-state index in [9.17, 15) is 55.2 Å². The molecule has 2 aliphatic heterocycles. The van der Waals surface area contributed by atoms with Gasteiger partial charge in [-0.1, -0.05) is 0 Å². The Hall–Kier alpha value is -2.03. The van der Waals surface area contributed by atoms with Crippen molar-refractivity contribution in [1.29, 1.82) is 0 Å². The SMILES string of the molecule is O=C(O)CC(O)(CC(=O)O[C@@H]1[C@@H](O)[C@@H](O[C@H]2O[C@H](CO)[C@@H](O)[C@H](O)[C@H]2O)O[C@H](CO)[C@H]1O)C(=O)O. The summed E-state index contributed by atoms with van der Waals surface area (Å²) < 4.78 is 20.3. The summed E-state index contributed by atoms with van der Waals surface area (Å²) in [5.74, 6) is -5.35. The molecule has 0 saturated carbocycles. The minimum absolute atomic E-state index is 0.806. The first-order chi connectivity index (χ1) is 16.2. The normalized spacial score (nSPS) is 39.4. The highest BCUT2D eigenvalue weighted by molar-refractivity contribution is 5.88. The van der Waals surface area contributed by atoms with Crippen molar-refractivity contribution in [2.45, 2.75) is 79.9 Å². The van der Waals surface area contributed by atoms with Crippen LogP contribution in [0.2, 0.25) is 0 Å². The maximum absolute atomic E-state index is 12.3. The van der Waals surface area contributed by atoms with Crippen LogP contribution in [0.5, 0.6) is 0 Å². The predicted molar refractivity (Wildman–Crippen MR) is 102 cm³/mol. The predicted octanol–water partition coefficient (Wildman–Crippen LogP) is -6.17. The number of aliphatic hydroxyl groups is 8. The van der Waals surface area contributed by atoms with E-state index in [1.165, 1.54) is 0 Å². The number of carboxylic acids is 2. The van der Waals surface area contributed by atoms with Gasteiger partial charge in [-0.25, -0.2) is 4.79 Å². The first-order valence-electron chi connectivity index (χ1n) is 10.2. The Morgan fingerprint density at radius 1 is 0.743 bits per heavy atom. The standard InChI is InChI=1S/C18H28O17/c19-3-5-9(24)11(26)12(27)15(32-5)35-16-13(28)14(10(25)6(4-20)33-16)34-8(23)2-18(31,17(29)30)1-7(21)22/h5-6,9-16,19-20,24-28,31H,1-4H2,(H,21,22)(H,29,30)/t5-,6-,9-,10-,11+,12-,13-,14+,15-,16-,18?/m1/s1. The average molecular weight is 516 g/mol. The lowest BCUT2D eigenvalue weighted by Gasteiger charge is -2.45. The minimum atomic E-state index is -3.08. The lowest BCUT2D eigenvalue weighted by molar-refractivity contribution is -0.376. The number of aliphatic carboxylic acids is 2. The second-order valence-corrected chi connectivity index (χ2v) is 8.08. The number of carboxylic acid groups (broad SMARTS) is 2. The van der Waals surface area contributed by atoms with Crippen molar-refractivity contribution in [1.82, 2.24) is 0 Å². The second-order valence-electron chi connectivity index (χ2n) is 8.08. The van der Waals surface area contributed by atoms with Gasteiger partial charge in [-0.2, -0.15) is 0 Å². The summed E-state index contributed by atoms with van der Waals surface area (Å²) in [5, 5.41) is 97.1. The van der Waals surface area contributed by atoms with E-state index in [0.717, 1.165) is 0 Å². The number of carbonyl (C=O) groups is 3. The van der Waals surface area contributed by atoms with Gasteiger partial charge in [-0.15, -0.1) is 0 Å². The Labute approximate surface area is 196 Å². The summed E-state index contributed by atoms with van der Waals surface area (Å²) in [5.41, 5.74) is -3.08. The molecule has 2 heterocycles. The number of esters is 1. The van der Waals surface area contributed by atoms with Crippen molar-refractivity contribution >= 4 is 17.9 Å². The molecule has 0 amide bonds. The van der Waals surface area contributed by atoms with Gasteiger partial charge in [0.15, 0.2) is 24.3 Å². The molecule has 0 aromatic heterocycles. The molecule has 10 N–H and O–H groups in total. The van der Waals surface area contributed by atoms with Gasteiger partial charge in [-0.05, 0) is 0 Å². The number of ether oxygens (including phenoxy) is 4. The maximum atomic E-state index is 12.3. The van der Waals surface area contributed by atoms with Crippen LogP contribution in [-0.4, -0.2) is 149 Å². The summed E-state index contributed by atoms with van der Waals surface area (Å²) in [4.78, 5) is 34.3. The van der Waals surface area contributed by atoms with Crippen LogP contribution < -0.4 is 0 Å². The van der Waals surface area contributed by atoms with Crippen LogP contribution in [-0.2, 0) is 33.3 Å². The lowest BCUT2D eigenvalue weighted by Crippen LogP contribution is -2.64. The van der Waals surface area contributed by atoms with E-state index >= 15 is 0 Å². The Bertz CT molecular complexity index is 759. The Kier molecular flexibility index (Phi) is 9.85. The molecule has 2 saturated heterocycles. The number of aliphatic hydroxyl groups excluding tert-OH is 7. The van der Waals surface area contributed by atoms with Gasteiger partial charge in [0, 0.05) is 0 Å². The summed E-state index contributed by atoms with van der Waals surface area (Å²) >= 11 is 0. The monoisotopic (exact) mass is 516 g/mol. The molecule has 0 bridgehead atoms. The summed E-state index contributed by atoms with van der Waals surface area (Å²) in [6.07, 6.45) is -21.0. The molecule has 35 heavy (non-hydrogen) atoms. The molecule has 1 unspecified atom stereocenters. The number of carbonyl (C=O) groups excluding carboxylic acids is 1. The molecule has 0 radical (unpaired) electrons. The van der Waals surface area contributed by atoms with Crippen molar-refractivity contribution in [3.05, 3.63) is 0 Å². The van der Waals surface area contributed by atoms with E-state index in [2.05, 4.69) is 0 Å². The molecular formula is C18H28O17. The maximum Gasteiger partial charge on any atom is 0.336 e. The molecule has 17 heteroatoms. The van der Waals surface area contributed by atoms with Crippen LogP contribution >= 0.6 is 0 Å². The first kappa shape index (κ1) is 29.2. The van der Waals surface area contributed by atoms with Crippen LogP contribution in [0.3, 0.4) is 0 Å². The Morgan fingerprint density at radius 3 is 1.74 bits per heavy atom. The van der Waals surface area contributed by atoms with Crippen LogP contribution in [0.25, 0.3) is 0 Å². The Balaban J connectivity index is 2.18. The van der Waals surface area contributed by atoms with Gasteiger partial charge in [0.1, 0.15) is 42.7 Å². The van der Waals surface area contributed by atoms with Gasteiger partial charge in [0.2, 0.25) is 0 Å². The van der Waals surface area contributed by atoms with Crippen molar-refractivity contribution in [3.63, 3.8) is 0 Å². The van der Waals surface area contributed by atoms with E-state index in [0.29, 0.717) is 0 Å². The largest absolute Gasteiger partial charge is 0.481 e. The Morgan fingerprint density at radius 2 is 1.26 bits per heavy atom. The molecule has 0 aromatic rings. The number of hydrogen-bond acceptors (Lipinski definition) is 15. The fourth-order valence-corrected chi connectivity index (χ4v) is 3.51. The smallest absolute Gasteiger partial charge is 0.336 e. The number of hydrogen-bond donors (Lipinski definition) is 10. The van der Waals surface area contributed by atoms with Crippen LogP contribution in [0, 0.1) is 0 Å². The van der Waals surface area contributed by atoms with Crippen LogP contribution in [0.15, 0.2) is 0 Å². The van der Waals surface area contributed by atoms with E-state index in [1.54, 1.807) is 0 Å². The quantitative estimate of drug-likeness (QED) is 0.121. The molecular weight excluding hydrogens is 488 g/mol. The average Bonchev–Trinajstić information content (AvgIpc) is 2.77. The van der Waals surface area contributed by atoms with Gasteiger partial charge >= 0.3 is 17.9 Å². The van der Waals surface area contributed by atoms with Gasteiger partial charge in [-0.3, -0.25) is 9.59 Å². The van der Waals surface area contributed by atoms with Crippen molar-refractivity contribution in [2.75, 3.05) is 13.2 Å². The zero-order valence-corrected chi connectivity index (χ0v) is 17.9. The van der Waals surface area contributed by atoms with E-state index in [4.69, 9.17) is 29.2 Å². The van der Waals surface area contributed by atoms with E-state index in [-0.39, 0.29) is 0 Å². The fraction of sp³-hybridized carbons (Fsp3) is 0.833. The molecule has 17 nitrogen and oxygen atoms in total. The third kappa shape index (κ3) is 6.60. The van der Waals surface area contributed by atoms with Crippen LogP contribution in [0.1, 0.15) is 12.8 Å². The third-order valence-corrected chi connectivity index (χ3v) is 5.48. The highest BCUT2D eigenvalue weighted by Crippen LogP contribution is 2.30. The molecule has 2 fully saturated rings. The second kappa shape index (κ2) is 11.8. The van der Waals surface area contributed by atoms with Crippen molar-refractivity contribution < 1.29 is 84.4 Å². The highest BCUT2D eigenvalue weighted by atomic mass is 16.8. The highest BCUT2D eigenvalue weighted by Gasteiger charge is 2.52. The molecule has 11 atom stereocenters. The third-order valence-electron chi connectivity index (χ3n) is 5.48. The zero-order valence-electron chi connectivity index (χ0n) is 17.9. The molecule has 202 valence electrons. The van der Waals surface area contributed by atoms with Crippen molar-refractivity contribution in [3.8, 4) is 0 Å². The fourth-order valence-electron chi connectivity index (χ4n) is 3.51. The molecule has 0 aliphatic carbocycles. The minimum Gasteiger partial charge on any atom is -0.481 e. The van der Waals surface area contributed by atoms with E-state index < -0.39 is 111 Å². The zero-order chi connectivity index (χ0) is 26.7. The number of rotatable bonds is 10. The molecule has 0 spiro atoms. The molecule has 0 aromatic carbocycles. The lowest BCUT2D eigenvalue weighted by atomic mass is 9.95. The van der Waals surface area contributed by atoms with Gasteiger partial charge < -0.3 is 70.0 Å². The summed E-state index contributed by atoms with van der Waals surface area (Å²) in [6, 6.07) is 0. The van der Waals surface area contributed by atoms with Crippen LogP contribution in [0.4, 0.5) is 0 Å². The summed E-state index contributed by atoms with van der Waals surface area (Å²) in [7, 11) is 0. The first-order valence-corrected chi connectivity index (χ1v) is 10.2. The topological polar surface area (TPSA) is 290 Å². The van der Waals surface area contributed by atoms with Crippen molar-refractivity contribution in [2.24, 2.45) is 0 Å². The molecule has 2 rings (SSSR count).